The van der Waals surface area contributed by atoms with E-state index in [0.29, 0.717) is 16.3 Å². The van der Waals surface area contributed by atoms with Crippen molar-refractivity contribution in [2.75, 3.05) is 12.4 Å². The van der Waals surface area contributed by atoms with Gasteiger partial charge in [0.05, 0.1) is 11.3 Å². The second-order valence-electron chi connectivity index (χ2n) is 7.03. The van der Waals surface area contributed by atoms with Crippen LogP contribution >= 0.6 is 11.6 Å². The molecule has 7 heteroatoms. The first kappa shape index (κ1) is 28.1. The van der Waals surface area contributed by atoms with E-state index in [2.05, 4.69) is 48.3 Å². The Kier molecular flexibility index (Phi) is 13.5. The molecule has 3 aromatic rings. The lowest BCUT2D eigenvalue weighted by molar-refractivity contribution is 0.0698. The highest BCUT2D eigenvalue weighted by Crippen LogP contribution is 2.28. The summed E-state index contributed by atoms with van der Waals surface area (Å²) in [5.74, 6) is -1.68. The van der Waals surface area contributed by atoms with Gasteiger partial charge >= 0.3 is 5.97 Å². The Bertz CT molecular complexity index is 985. The molecular weight excluding hydrogens is 441 g/mol. The minimum Gasteiger partial charge on any atom is -0.478 e. The number of carbonyl (C=O) groups is 1. The highest BCUT2D eigenvalue weighted by Gasteiger charge is 2.13. The van der Waals surface area contributed by atoms with E-state index in [1.54, 1.807) is 18.2 Å². The summed E-state index contributed by atoms with van der Waals surface area (Å²) in [5, 5.41) is 12.4. The third kappa shape index (κ3) is 9.61. The normalized spacial score (nSPS) is 9.76. The number of benzene rings is 3. The molecule has 0 saturated heterocycles. The average molecular weight is 474 g/mol. The Morgan fingerprint density at radius 2 is 1.70 bits per heavy atom. The molecule has 33 heavy (non-hydrogen) atoms. The molecule has 0 heterocycles. The molecule has 0 aliphatic carbocycles. The first-order valence-corrected chi connectivity index (χ1v) is 11.2. The van der Waals surface area contributed by atoms with Crippen molar-refractivity contribution in [3.05, 3.63) is 94.3 Å². The second kappa shape index (κ2) is 15.8. The molecule has 0 aliphatic rings. The van der Waals surface area contributed by atoms with Gasteiger partial charge in [0, 0.05) is 22.8 Å². The maximum absolute atomic E-state index is 13.3. The zero-order chi connectivity index (χ0) is 24.6. The van der Waals surface area contributed by atoms with Gasteiger partial charge in [-0.25, -0.2) is 9.18 Å². The number of aryl methyl sites for hydroxylation is 1. The third-order valence-corrected chi connectivity index (χ3v) is 5.07. The van der Waals surface area contributed by atoms with Crippen LogP contribution in [0.2, 0.25) is 5.02 Å². The van der Waals surface area contributed by atoms with Crippen LogP contribution in [0.15, 0.2) is 66.7 Å². The monoisotopic (exact) mass is 473 g/mol. The van der Waals surface area contributed by atoms with Crippen molar-refractivity contribution in [2.45, 2.75) is 39.2 Å². The van der Waals surface area contributed by atoms with E-state index in [1.165, 1.54) is 44.4 Å². The molecule has 0 spiro atoms. The minimum absolute atomic E-state index is 0.0330. The van der Waals surface area contributed by atoms with Crippen LogP contribution in [0.25, 0.3) is 0 Å². The first-order chi connectivity index (χ1) is 16.0. The summed E-state index contributed by atoms with van der Waals surface area (Å²) in [4.78, 5) is 11.1. The lowest BCUT2D eigenvalue weighted by Gasteiger charge is -2.14. The van der Waals surface area contributed by atoms with E-state index in [-0.39, 0.29) is 17.8 Å². The van der Waals surface area contributed by atoms with E-state index in [0.717, 1.165) is 12.1 Å². The minimum atomic E-state index is -1.15. The number of nitrogens with two attached hydrogens (primary N) is 2. The molecule has 178 valence electrons. The number of aromatic carboxylic acids is 1. The van der Waals surface area contributed by atoms with Gasteiger partial charge in [-0.1, -0.05) is 67.8 Å². The average Bonchev–Trinajstić information content (AvgIpc) is 2.82. The van der Waals surface area contributed by atoms with Gasteiger partial charge in [-0.3, -0.25) is 0 Å². The van der Waals surface area contributed by atoms with Gasteiger partial charge in [-0.05, 0) is 55.8 Å². The fourth-order valence-corrected chi connectivity index (χ4v) is 3.31. The lowest BCUT2D eigenvalue weighted by atomic mass is 10.1. The zero-order valence-corrected chi connectivity index (χ0v) is 19.9. The summed E-state index contributed by atoms with van der Waals surface area (Å²) in [6, 6.07) is 19.2. The molecule has 6 N–H and O–H groups in total. The predicted molar refractivity (Wildman–Crippen MR) is 136 cm³/mol. The molecule has 0 unspecified atom stereocenters. The highest BCUT2D eigenvalue weighted by atomic mass is 35.5. The van der Waals surface area contributed by atoms with Gasteiger partial charge in [0.25, 0.3) is 0 Å². The fourth-order valence-electron chi connectivity index (χ4n) is 3.06. The van der Waals surface area contributed by atoms with Gasteiger partial charge in [-0.2, -0.15) is 0 Å². The summed E-state index contributed by atoms with van der Waals surface area (Å²) in [5.41, 5.74) is 12.9. The van der Waals surface area contributed by atoms with Crippen LogP contribution in [-0.2, 0) is 13.0 Å². The van der Waals surface area contributed by atoms with Crippen LogP contribution in [0.3, 0.4) is 0 Å². The zero-order valence-electron chi connectivity index (χ0n) is 19.2. The van der Waals surface area contributed by atoms with Gasteiger partial charge in [0.15, 0.2) is 0 Å². The van der Waals surface area contributed by atoms with Crippen molar-refractivity contribution < 1.29 is 14.3 Å². The Hall–Kier alpha value is -2.93. The van der Waals surface area contributed by atoms with Crippen molar-refractivity contribution in [3.8, 4) is 0 Å². The van der Waals surface area contributed by atoms with E-state index in [9.17, 15) is 9.18 Å². The number of carboxylic acid groups (broad SMARTS) is 1. The topological polar surface area (TPSA) is 101 Å². The Labute approximate surface area is 200 Å². The Morgan fingerprint density at radius 3 is 2.30 bits per heavy atom. The molecule has 0 amide bonds. The maximum Gasteiger partial charge on any atom is 0.337 e. The molecule has 0 radical (unpaired) electrons. The number of rotatable bonds is 8. The van der Waals surface area contributed by atoms with Crippen LogP contribution in [0.5, 0.6) is 0 Å². The molecule has 0 bridgehead atoms. The standard InChI is InChI=1S/C14H12ClFN2O2.C11H16.CH5N/c15-11-2-1-3-12(10(11)7-17)18-13-6-8(16)4-5-9(13)14(19)20;1-2-3-5-8-11-9-6-4-7-10-11;1-2/h1-6,18H,7,17H2,(H,19,20);4,6-7,9-10H,2-3,5,8H2,1H3;2H2,1H3. The molecule has 0 atom stereocenters. The summed E-state index contributed by atoms with van der Waals surface area (Å²) in [6.07, 6.45) is 5.25. The summed E-state index contributed by atoms with van der Waals surface area (Å²) < 4.78 is 13.3. The number of halogens is 2. The van der Waals surface area contributed by atoms with Crippen LogP contribution in [0.4, 0.5) is 15.8 Å². The van der Waals surface area contributed by atoms with Crippen molar-refractivity contribution in [2.24, 2.45) is 11.5 Å². The van der Waals surface area contributed by atoms with E-state index >= 15 is 0 Å². The fraction of sp³-hybridized carbons (Fsp3) is 0.269. The molecular formula is C26H33ClFN3O2. The first-order valence-electron chi connectivity index (χ1n) is 10.8. The quantitative estimate of drug-likeness (QED) is 0.284. The van der Waals surface area contributed by atoms with Gasteiger partial charge in [0.1, 0.15) is 5.82 Å². The maximum atomic E-state index is 13.3. The number of unbranched alkanes of at least 4 members (excludes halogenated alkanes) is 2. The van der Waals surface area contributed by atoms with Crippen LogP contribution in [-0.4, -0.2) is 18.1 Å². The smallest absolute Gasteiger partial charge is 0.337 e. The van der Waals surface area contributed by atoms with E-state index in [1.807, 2.05) is 0 Å². The van der Waals surface area contributed by atoms with Crippen molar-refractivity contribution in [1.82, 2.24) is 0 Å². The Morgan fingerprint density at radius 1 is 1.00 bits per heavy atom. The summed E-state index contributed by atoms with van der Waals surface area (Å²) in [6.45, 7) is 2.42. The number of carboxylic acids is 1. The van der Waals surface area contributed by atoms with E-state index < -0.39 is 11.8 Å². The van der Waals surface area contributed by atoms with Crippen LogP contribution in [0.1, 0.15) is 47.7 Å². The van der Waals surface area contributed by atoms with Gasteiger partial charge < -0.3 is 21.9 Å². The van der Waals surface area contributed by atoms with Crippen LogP contribution in [0, 0.1) is 5.82 Å². The molecule has 5 nitrogen and oxygen atoms in total. The molecule has 3 rings (SSSR count). The summed E-state index contributed by atoms with van der Waals surface area (Å²) in [7, 11) is 1.50. The second-order valence-corrected chi connectivity index (χ2v) is 7.44. The number of anilines is 2. The SMILES string of the molecule is CCCCCc1ccccc1.CN.NCc1c(Cl)cccc1Nc1cc(F)ccc1C(=O)O. The lowest BCUT2D eigenvalue weighted by Crippen LogP contribution is -2.06. The van der Waals surface area contributed by atoms with E-state index in [4.69, 9.17) is 22.4 Å². The molecule has 3 aromatic carbocycles. The number of hydrogen-bond donors (Lipinski definition) is 4. The number of hydrogen-bond acceptors (Lipinski definition) is 4. The van der Waals surface area contributed by atoms with Crippen molar-refractivity contribution in [1.29, 1.82) is 0 Å². The third-order valence-electron chi connectivity index (χ3n) is 4.72. The highest BCUT2D eigenvalue weighted by molar-refractivity contribution is 6.31. The Balaban J connectivity index is 0.000000354. The van der Waals surface area contributed by atoms with Crippen molar-refractivity contribution >= 4 is 28.9 Å². The van der Waals surface area contributed by atoms with Crippen molar-refractivity contribution in [3.63, 3.8) is 0 Å². The molecule has 0 aliphatic heterocycles. The number of nitrogens with one attached hydrogen (secondary N) is 1. The van der Waals surface area contributed by atoms with Gasteiger partial charge in [-0.15, -0.1) is 0 Å². The van der Waals surface area contributed by atoms with Gasteiger partial charge in [0.2, 0.25) is 0 Å². The molecule has 0 fully saturated rings. The summed E-state index contributed by atoms with van der Waals surface area (Å²) >= 11 is 6.02. The molecule has 0 saturated carbocycles. The molecule has 0 aromatic heterocycles. The largest absolute Gasteiger partial charge is 0.478 e. The van der Waals surface area contributed by atoms with Crippen LogP contribution < -0.4 is 16.8 Å². The predicted octanol–water partition coefficient (Wildman–Crippen LogP) is 6.37.